The Kier molecular flexibility index (Phi) is 6.71. The molecule has 5 heteroatoms. The molecule has 0 spiro atoms. The van der Waals surface area contributed by atoms with Crippen molar-refractivity contribution in [3.8, 4) is 0 Å². The first-order valence-electron chi connectivity index (χ1n) is 8.28. The van der Waals surface area contributed by atoms with Crippen LogP contribution in [0.3, 0.4) is 0 Å². The summed E-state index contributed by atoms with van der Waals surface area (Å²) in [7, 11) is 1.64. The maximum Gasteiger partial charge on any atom is 0.251 e. The summed E-state index contributed by atoms with van der Waals surface area (Å²) in [6.45, 7) is 2.14. The standard InChI is InChI=1S/C20H24N2O3/c1-15-8-10-17(11-9-15)20(25)21-18(16-6-4-3-5-7-16)14-19(24)22(2)12-13-23/h3-11,18,23H,12-14H2,1-2H3,(H,21,25). The lowest BCUT2D eigenvalue weighted by molar-refractivity contribution is -0.130. The number of nitrogens with one attached hydrogen (secondary N) is 1. The van der Waals surface area contributed by atoms with Crippen molar-refractivity contribution in [2.75, 3.05) is 20.2 Å². The molecule has 0 saturated heterocycles. The Bertz CT molecular complexity index is 699. The first-order chi connectivity index (χ1) is 12.0. The van der Waals surface area contributed by atoms with Gasteiger partial charge in [0.25, 0.3) is 5.91 Å². The SMILES string of the molecule is Cc1ccc(C(=O)NC(CC(=O)N(C)CCO)c2ccccc2)cc1. The normalized spacial score (nSPS) is 11.6. The zero-order chi connectivity index (χ0) is 18.2. The summed E-state index contributed by atoms with van der Waals surface area (Å²) in [5, 5.41) is 11.9. The van der Waals surface area contributed by atoms with Gasteiger partial charge in [-0.25, -0.2) is 0 Å². The third-order valence-corrected chi connectivity index (χ3v) is 4.06. The topological polar surface area (TPSA) is 69.6 Å². The Morgan fingerprint density at radius 2 is 1.72 bits per heavy atom. The van der Waals surface area contributed by atoms with E-state index in [0.29, 0.717) is 5.56 Å². The minimum Gasteiger partial charge on any atom is -0.395 e. The molecule has 25 heavy (non-hydrogen) atoms. The van der Waals surface area contributed by atoms with Crippen molar-refractivity contribution in [1.82, 2.24) is 10.2 Å². The van der Waals surface area contributed by atoms with Crippen molar-refractivity contribution in [3.63, 3.8) is 0 Å². The second kappa shape index (κ2) is 8.99. The molecule has 0 bridgehead atoms. The van der Waals surface area contributed by atoms with E-state index in [0.717, 1.165) is 11.1 Å². The minimum absolute atomic E-state index is 0.0893. The Labute approximate surface area is 148 Å². The van der Waals surface area contributed by atoms with Gasteiger partial charge in [-0.05, 0) is 24.6 Å². The predicted molar refractivity (Wildman–Crippen MR) is 97.2 cm³/mol. The summed E-state index contributed by atoms with van der Waals surface area (Å²) >= 11 is 0. The van der Waals surface area contributed by atoms with Crippen LogP contribution < -0.4 is 5.32 Å². The predicted octanol–water partition coefficient (Wildman–Crippen LogP) is 2.31. The highest BCUT2D eigenvalue weighted by Crippen LogP contribution is 2.18. The van der Waals surface area contributed by atoms with Crippen LogP contribution in [0, 0.1) is 6.92 Å². The first-order valence-corrected chi connectivity index (χ1v) is 8.28. The van der Waals surface area contributed by atoms with Crippen LogP contribution in [0.2, 0.25) is 0 Å². The number of carbonyl (C=O) groups excluding carboxylic acids is 2. The largest absolute Gasteiger partial charge is 0.395 e. The summed E-state index contributed by atoms with van der Waals surface area (Å²) in [5.74, 6) is -0.349. The zero-order valence-electron chi connectivity index (χ0n) is 14.6. The zero-order valence-corrected chi connectivity index (χ0v) is 14.6. The van der Waals surface area contributed by atoms with Gasteiger partial charge < -0.3 is 15.3 Å². The summed E-state index contributed by atoms with van der Waals surface area (Å²) in [4.78, 5) is 26.3. The van der Waals surface area contributed by atoms with Crippen molar-refractivity contribution < 1.29 is 14.7 Å². The Morgan fingerprint density at radius 1 is 1.08 bits per heavy atom. The van der Waals surface area contributed by atoms with Crippen molar-refractivity contribution in [2.45, 2.75) is 19.4 Å². The Hall–Kier alpha value is -2.66. The smallest absolute Gasteiger partial charge is 0.251 e. The van der Waals surface area contributed by atoms with Crippen LogP contribution >= 0.6 is 0 Å². The molecule has 2 aromatic rings. The number of hydrogen-bond acceptors (Lipinski definition) is 3. The average molecular weight is 340 g/mol. The highest BCUT2D eigenvalue weighted by Gasteiger charge is 2.21. The van der Waals surface area contributed by atoms with Crippen molar-refractivity contribution >= 4 is 11.8 Å². The van der Waals surface area contributed by atoms with E-state index in [4.69, 9.17) is 5.11 Å². The van der Waals surface area contributed by atoms with Crippen LogP contribution in [-0.4, -0.2) is 42.0 Å². The van der Waals surface area contributed by atoms with E-state index in [1.165, 1.54) is 4.90 Å². The Morgan fingerprint density at radius 3 is 2.32 bits per heavy atom. The summed E-state index contributed by atoms with van der Waals surface area (Å²) in [5.41, 5.74) is 2.51. The van der Waals surface area contributed by atoms with E-state index >= 15 is 0 Å². The van der Waals surface area contributed by atoms with Gasteiger partial charge in [-0.3, -0.25) is 9.59 Å². The van der Waals surface area contributed by atoms with Gasteiger partial charge in [0.2, 0.25) is 5.91 Å². The van der Waals surface area contributed by atoms with E-state index in [-0.39, 0.29) is 31.4 Å². The number of aliphatic hydroxyl groups excluding tert-OH is 1. The minimum atomic E-state index is -0.427. The molecular formula is C20H24N2O3. The second-order valence-corrected chi connectivity index (χ2v) is 6.05. The molecule has 0 aliphatic heterocycles. The summed E-state index contributed by atoms with van der Waals surface area (Å²) < 4.78 is 0. The molecule has 0 aromatic heterocycles. The number of aryl methyl sites for hydroxylation is 1. The number of benzene rings is 2. The lowest BCUT2D eigenvalue weighted by Gasteiger charge is -2.22. The lowest BCUT2D eigenvalue weighted by Crippen LogP contribution is -2.35. The van der Waals surface area contributed by atoms with Crippen molar-refractivity contribution in [2.24, 2.45) is 0 Å². The van der Waals surface area contributed by atoms with Crippen LogP contribution in [0.5, 0.6) is 0 Å². The molecule has 0 heterocycles. The number of carbonyl (C=O) groups is 2. The van der Waals surface area contributed by atoms with Gasteiger partial charge in [0.15, 0.2) is 0 Å². The molecule has 5 nitrogen and oxygen atoms in total. The highest BCUT2D eigenvalue weighted by molar-refractivity contribution is 5.94. The molecule has 0 saturated carbocycles. The molecule has 2 aromatic carbocycles. The molecule has 2 amide bonds. The van der Waals surface area contributed by atoms with Gasteiger partial charge >= 0.3 is 0 Å². The number of amides is 2. The molecular weight excluding hydrogens is 316 g/mol. The van der Waals surface area contributed by atoms with Crippen LogP contribution in [0.4, 0.5) is 0 Å². The molecule has 0 radical (unpaired) electrons. The number of aliphatic hydroxyl groups is 1. The van der Waals surface area contributed by atoms with E-state index in [2.05, 4.69) is 5.32 Å². The first kappa shape index (κ1) is 18.7. The quantitative estimate of drug-likeness (QED) is 0.813. The molecule has 1 unspecified atom stereocenters. The maximum absolute atomic E-state index is 12.5. The van der Waals surface area contributed by atoms with Gasteiger partial charge in [-0.15, -0.1) is 0 Å². The van der Waals surface area contributed by atoms with Crippen LogP contribution in [-0.2, 0) is 4.79 Å². The van der Waals surface area contributed by atoms with E-state index < -0.39 is 6.04 Å². The van der Waals surface area contributed by atoms with Crippen molar-refractivity contribution in [1.29, 1.82) is 0 Å². The monoisotopic (exact) mass is 340 g/mol. The molecule has 132 valence electrons. The van der Waals surface area contributed by atoms with E-state index in [9.17, 15) is 9.59 Å². The number of nitrogens with zero attached hydrogens (tertiary/aromatic N) is 1. The fourth-order valence-electron chi connectivity index (χ4n) is 2.49. The Balaban J connectivity index is 2.16. The van der Waals surface area contributed by atoms with Crippen LogP contribution in [0.15, 0.2) is 54.6 Å². The van der Waals surface area contributed by atoms with Gasteiger partial charge in [0.1, 0.15) is 0 Å². The van der Waals surface area contributed by atoms with Gasteiger partial charge in [-0.2, -0.15) is 0 Å². The van der Waals surface area contributed by atoms with E-state index in [1.54, 1.807) is 19.2 Å². The maximum atomic E-state index is 12.5. The number of rotatable bonds is 7. The van der Waals surface area contributed by atoms with Crippen molar-refractivity contribution in [3.05, 3.63) is 71.3 Å². The van der Waals surface area contributed by atoms with Crippen LogP contribution in [0.1, 0.15) is 33.9 Å². The average Bonchev–Trinajstić information content (AvgIpc) is 2.62. The molecule has 0 aliphatic rings. The van der Waals surface area contributed by atoms with E-state index in [1.807, 2.05) is 49.4 Å². The third kappa shape index (κ3) is 5.43. The van der Waals surface area contributed by atoms with Gasteiger partial charge in [0.05, 0.1) is 19.1 Å². The molecule has 0 aliphatic carbocycles. The fraction of sp³-hybridized carbons (Fsp3) is 0.300. The molecule has 0 fully saturated rings. The third-order valence-electron chi connectivity index (χ3n) is 4.06. The fourth-order valence-corrected chi connectivity index (χ4v) is 2.49. The molecule has 1 atom stereocenters. The summed E-state index contributed by atoms with van der Waals surface area (Å²) in [6.07, 6.45) is 0.137. The highest BCUT2D eigenvalue weighted by atomic mass is 16.3. The van der Waals surface area contributed by atoms with Gasteiger partial charge in [0, 0.05) is 19.2 Å². The molecule has 2 N–H and O–H groups in total. The second-order valence-electron chi connectivity index (χ2n) is 6.05. The van der Waals surface area contributed by atoms with Crippen LogP contribution in [0.25, 0.3) is 0 Å². The van der Waals surface area contributed by atoms with Gasteiger partial charge in [-0.1, -0.05) is 48.0 Å². The lowest BCUT2D eigenvalue weighted by atomic mass is 10.0. The summed E-state index contributed by atoms with van der Waals surface area (Å²) in [6, 6.07) is 16.3. The molecule has 2 rings (SSSR count). The number of hydrogen-bond donors (Lipinski definition) is 2. The number of likely N-dealkylation sites (N-methyl/N-ethyl adjacent to an activating group) is 1.